The van der Waals surface area contributed by atoms with Gasteiger partial charge in [-0.25, -0.2) is 8.42 Å². The van der Waals surface area contributed by atoms with Crippen LogP contribution < -0.4 is 20.5 Å². The van der Waals surface area contributed by atoms with Crippen LogP contribution in [0.25, 0.3) is 0 Å². The van der Waals surface area contributed by atoms with Crippen molar-refractivity contribution in [1.82, 2.24) is 9.62 Å². The zero-order valence-electron chi connectivity index (χ0n) is 16.3. The molecule has 0 radical (unpaired) electrons. The fourth-order valence-electron chi connectivity index (χ4n) is 2.97. The van der Waals surface area contributed by atoms with Gasteiger partial charge in [-0.3, -0.25) is 4.79 Å². The molecule has 2 rings (SSSR count). The number of rotatable bonds is 7. The van der Waals surface area contributed by atoms with Gasteiger partial charge in [-0.2, -0.15) is 4.31 Å². The summed E-state index contributed by atoms with van der Waals surface area (Å²) in [5.41, 5.74) is 5.18. The van der Waals surface area contributed by atoms with Crippen LogP contribution in [-0.2, 0) is 14.8 Å². The predicted molar refractivity (Wildman–Crippen MR) is 102 cm³/mol. The molecule has 1 fully saturated rings. The summed E-state index contributed by atoms with van der Waals surface area (Å²) in [6.07, 6.45) is 0.942. The van der Waals surface area contributed by atoms with Gasteiger partial charge in [0, 0.05) is 37.2 Å². The van der Waals surface area contributed by atoms with Gasteiger partial charge in [0.15, 0.2) is 11.5 Å². The van der Waals surface area contributed by atoms with Crippen molar-refractivity contribution >= 4 is 15.9 Å². The molecule has 0 spiro atoms. The first-order valence-corrected chi connectivity index (χ1v) is 10.3. The molecule has 152 valence electrons. The summed E-state index contributed by atoms with van der Waals surface area (Å²) < 4.78 is 37.6. The Bertz CT molecular complexity index is 771. The molecular weight excluding hydrogens is 370 g/mol. The summed E-state index contributed by atoms with van der Waals surface area (Å²) in [6, 6.07) is 4.52. The van der Waals surface area contributed by atoms with Crippen molar-refractivity contribution in [2.45, 2.75) is 37.1 Å². The van der Waals surface area contributed by atoms with Gasteiger partial charge in [0.25, 0.3) is 0 Å². The predicted octanol–water partition coefficient (Wildman–Crippen LogP) is 0.958. The van der Waals surface area contributed by atoms with Crippen LogP contribution in [0.3, 0.4) is 0 Å². The molecule has 0 atom stereocenters. The minimum atomic E-state index is -3.66. The van der Waals surface area contributed by atoms with E-state index < -0.39 is 15.6 Å². The molecule has 0 unspecified atom stereocenters. The average Bonchev–Trinajstić information content (AvgIpc) is 2.67. The Hall–Kier alpha value is -1.84. The number of carbonyl (C=O) groups is 1. The largest absolute Gasteiger partial charge is 0.493 e. The summed E-state index contributed by atoms with van der Waals surface area (Å²) in [4.78, 5) is 12.5. The number of ether oxygens (including phenoxy) is 2. The van der Waals surface area contributed by atoms with Crippen LogP contribution in [0.2, 0.25) is 0 Å². The highest BCUT2D eigenvalue weighted by atomic mass is 32.2. The minimum absolute atomic E-state index is 0.0754. The molecule has 1 heterocycles. The van der Waals surface area contributed by atoms with Crippen molar-refractivity contribution in [2.75, 3.05) is 33.9 Å². The number of benzene rings is 1. The lowest BCUT2D eigenvalue weighted by atomic mass is 9.95. The van der Waals surface area contributed by atoms with E-state index in [1.54, 1.807) is 6.07 Å². The summed E-state index contributed by atoms with van der Waals surface area (Å²) in [6.45, 7) is 4.64. The van der Waals surface area contributed by atoms with E-state index in [1.165, 1.54) is 30.7 Å². The van der Waals surface area contributed by atoms with Crippen LogP contribution in [0.15, 0.2) is 23.1 Å². The van der Waals surface area contributed by atoms with E-state index in [2.05, 4.69) is 5.32 Å². The average molecular weight is 400 g/mol. The second-order valence-corrected chi connectivity index (χ2v) is 9.21. The van der Waals surface area contributed by atoms with Gasteiger partial charge in [0.05, 0.1) is 19.1 Å². The van der Waals surface area contributed by atoms with Crippen LogP contribution >= 0.6 is 0 Å². The normalized spacial score (nSPS) is 16.8. The van der Waals surface area contributed by atoms with Gasteiger partial charge in [0.2, 0.25) is 15.9 Å². The molecule has 8 nitrogen and oxygen atoms in total. The van der Waals surface area contributed by atoms with Crippen LogP contribution in [0, 0.1) is 5.92 Å². The van der Waals surface area contributed by atoms with Crippen molar-refractivity contribution in [1.29, 1.82) is 0 Å². The van der Waals surface area contributed by atoms with Gasteiger partial charge in [-0.15, -0.1) is 0 Å². The van der Waals surface area contributed by atoms with Crippen LogP contribution in [-0.4, -0.2) is 58.0 Å². The summed E-state index contributed by atoms with van der Waals surface area (Å²) in [5.74, 6) is 0.535. The maximum atomic E-state index is 12.9. The molecule has 3 N–H and O–H groups in total. The van der Waals surface area contributed by atoms with Gasteiger partial charge >= 0.3 is 0 Å². The minimum Gasteiger partial charge on any atom is -0.493 e. The summed E-state index contributed by atoms with van der Waals surface area (Å²) in [7, 11) is -0.709. The van der Waals surface area contributed by atoms with Crippen molar-refractivity contribution in [2.24, 2.45) is 11.7 Å². The highest BCUT2D eigenvalue weighted by molar-refractivity contribution is 7.89. The molecule has 0 saturated carbocycles. The van der Waals surface area contributed by atoms with Crippen molar-refractivity contribution < 1.29 is 22.7 Å². The number of nitrogens with two attached hydrogens (primary N) is 1. The second kappa shape index (κ2) is 8.45. The number of nitrogens with zero attached hydrogens (tertiary/aromatic N) is 1. The number of piperidine rings is 1. The van der Waals surface area contributed by atoms with Gasteiger partial charge in [-0.1, -0.05) is 0 Å². The number of amides is 1. The number of hydrogen-bond acceptors (Lipinski definition) is 6. The van der Waals surface area contributed by atoms with Gasteiger partial charge < -0.3 is 20.5 Å². The first kappa shape index (κ1) is 21.5. The monoisotopic (exact) mass is 399 g/mol. The molecule has 1 aromatic rings. The maximum Gasteiger partial charge on any atom is 0.243 e. The third kappa shape index (κ3) is 4.91. The van der Waals surface area contributed by atoms with Crippen LogP contribution in [0.1, 0.15) is 26.7 Å². The van der Waals surface area contributed by atoms with E-state index in [0.717, 1.165) is 0 Å². The van der Waals surface area contributed by atoms with Gasteiger partial charge in [0.1, 0.15) is 0 Å². The van der Waals surface area contributed by atoms with E-state index in [1.807, 2.05) is 13.8 Å². The lowest BCUT2D eigenvalue weighted by Gasteiger charge is -2.33. The lowest BCUT2D eigenvalue weighted by molar-refractivity contribution is -0.127. The zero-order chi connectivity index (χ0) is 20.2. The summed E-state index contributed by atoms with van der Waals surface area (Å²) >= 11 is 0. The fourth-order valence-corrected chi connectivity index (χ4v) is 4.46. The molecular formula is C18H29N3O5S. The van der Waals surface area contributed by atoms with Crippen molar-refractivity contribution in [3.8, 4) is 11.5 Å². The quantitative estimate of drug-likeness (QED) is 0.706. The van der Waals surface area contributed by atoms with Crippen LogP contribution in [0.4, 0.5) is 0 Å². The Morgan fingerprint density at radius 2 is 1.81 bits per heavy atom. The highest BCUT2D eigenvalue weighted by Crippen LogP contribution is 2.32. The Labute approximate surface area is 161 Å². The Kier molecular flexibility index (Phi) is 6.72. The Balaban J connectivity index is 2.07. The van der Waals surface area contributed by atoms with E-state index >= 15 is 0 Å². The number of methoxy groups -OCH3 is 2. The molecule has 1 aliphatic rings. The number of carbonyl (C=O) groups excluding carboxylic acids is 1. The third-order valence-electron chi connectivity index (χ3n) is 4.79. The standard InChI is InChI=1S/C18H29N3O5S/c1-18(2,12-19)20-17(22)13-7-9-21(10-8-13)27(23,24)14-5-6-15(25-3)16(11-14)26-4/h5-6,11,13H,7-10,12,19H2,1-4H3,(H,20,22). The smallest absolute Gasteiger partial charge is 0.243 e. The molecule has 1 saturated heterocycles. The Morgan fingerprint density at radius 1 is 1.22 bits per heavy atom. The maximum absolute atomic E-state index is 12.9. The first-order chi connectivity index (χ1) is 12.6. The summed E-state index contributed by atoms with van der Waals surface area (Å²) in [5, 5.41) is 2.93. The number of hydrogen-bond donors (Lipinski definition) is 2. The van der Waals surface area contributed by atoms with E-state index in [-0.39, 0.29) is 29.8 Å². The zero-order valence-corrected chi connectivity index (χ0v) is 17.1. The molecule has 0 aromatic heterocycles. The van der Waals surface area contributed by atoms with Crippen LogP contribution in [0.5, 0.6) is 11.5 Å². The Morgan fingerprint density at radius 3 is 2.33 bits per heavy atom. The van der Waals surface area contributed by atoms with E-state index in [9.17, 15) is 13.2 Å². The van der Waals surface area contributed by atoms with Gasteiger partial charge in [-0.05, 0) is 38.8 Å². The third-order valence-corrected chi connectivity index (χ3v) is 6.68. The molecule has 1 amide bonds. The number of nitrogens with one attached hydrogen (secondary N) is 1. The SMILES string of the molecule is COc1ccc(S(=O)(=O)N2CCC(C(=O)NC(C)(C)CN)CC2)cc1OC. The molecule has 0 aliphatic carbocycles. The van der Waals surface area contributed by atoms with Crippen molar-refractivity contribution in [3.63, 3.8) is 0 Å². The lowest BCUT2D eigenvalue weighted by Crippen LogP contribution is -2.52. The first-order valence-electron chi connectivity index (χ1n) is 8.89. The topological polar surface area (TPSA) is 111 Å². The highest BCUT2D eigenvalue weighted by Gasteiger charge is 2.33. The second-order valence-electron chi connectivity index (χ2n) is 7.27. The number of sulfonamides is 1. The molecule has 27 heavy (non-hydrogen) atoms. The molecule has 9 heteroatoms. The molecule has 0 bridgehead atoms. The van der Waals surface area contributed by atoms with E-state index in [0.29, 0.717) is 30.9 Å². The van der Waals surface area contributed by atoms with Crippen molar-refractivity contribution in [3.05, 3.63) is 18.2 Å². The van der Waals surface area contributed by atoms with E-state index in [4.69, 9.17) is 15.2 Å². The molecule has 1 aromatic carbocycles. The molecule has 1 aliphatic heterocycles. The fraction of sp³-hybridized carbons (Fsp3) is 0.611.